The molecule has 41 heavy (non-hydrogen) atoms. The molecular formula is C31H45N5O4S. The Morgan fingerprint density at radius 2 is 1.76 bits per heavy atom. The zero-order chi connectivity index (χ0) is 30.4. The van der Waals surface area contributed by atoms with Gasteiger partial charge in [0.05, 0.1) is 24.2 Å². The van der Waals surface area contributed by atoms with E-state index in [1.54, 1.807) is 36.9 Å². The second-order valence-electron chi connectivity index (χ2n) is 11.8. The Morgan fingerprint density at radius 1 is 1.05 bits per heavy atom. The minimum absolute atomic E-state index is 0.218. The Kier molecular flexibility index (Phi) is 10.5. The fourth-order valence-electron chi connectivity index (χ4n) is 4.06. The number of nitrogens with zero attached hydrogens (tertiary/aromatic N) is 2. The van der Waals surface area contributed by atoms with Crippen molar-refractivity contribution in [2.24, 2.45) is 0 Å². The van der Waals surface area contributed by atoms with Gasteiger partial charge in [-0.15, -0.1) is 0 Å². The number of aromatic nitrogens is 1. The fourth-order valence-corrected chi connectivity index (χ4v) is 4.80. The van der Waals surface area contributed by atoms with Gasteiger partial charge in [-0.25, -0.2) is 0 Å². The summed E-state index contributed by atoms with van der Waals surface area (Å²) in [6.07, 6.45) is 5.02. The number of nitrogens with one attached hydrogen (secondary N) is 3. The highest BCUT2D eigenvalue weighted by molar-refractivity contribution is 8.02. The second kappa shape index (κ2) is 13.5. The zero-order valence-electron chi connectivity index (χ0n) is 25.7. The maximum absolute atomic E-state index is 13.5. The number of aryl methyl sites for hydroxylation is 1. The van der Waals surface area contributed by atoms with E-state index in [4.69, 9.17) is 9.47 Å². The summed E-state index contributed by atoms with van der Waals surface area (Å²) in [4.78, 5) is 20.0. The number of rotatable bonds is 12. The van der Waals surface area contributed by atoms with E-state index in [-0.39, 0.29) is 11.3 Å². The van der Waals surface area contributed by atoms with Crippen LogP contribution in [0, 0.1) is 6.92 Å². The highest BCUT2D eigenvalue weighted by Crippen LogP contribution is 2.39. The van der Waals surface area contributed by atoms with E-state index in [0.717, 1.165) is 29.9 Å². The van der Waals surface area contributed by atoms with Gasteiger partial charge in [0, 0.05) is 50.0 Å². The van der Waals surface area contributed by atoms with Gasteiger partial charge in [-0.1, -0.05) is 26.8 Å². The molecule has 0 aliphatic rings. The number of carbonyl (C=O) groups excluding carboxylic acids is 1. The van der Waals surface area contributed by atoms with Crippen LogP contribution in [0.4, 0.5) is 11.4 Å². The van der Waals surface area contributed by atoms with E-state index >= 15 is 0 Å². The molecule has 3 N–H and O–H groups in total. The molecule has 0 spiro atoms. The van der Waals surface area contributed by atoms with Gasteiger partial charge >= 0.3 is 0 Å². The monoisotopic (exact) mass is 583 g/mol. The lowest BCUT2D eigenvalue weighted by molar-refractivity contribution is 0.102. The predicted octanol–water partition coefficient (Wildman–Crippen LogP) is 5.00. The Hall–Kier alpha value is -3.47. The first-order valence-corrected chi connectivity index (χ1v) is 16.2. The lowest BCUT2D eigenvalue weighted by Gasteiger charge is -2.26. The smallest absolute Gasteiger partial charge is 0.255 e. The lowest BCUT2D eigenvalue weighted by Crippen LogP contribution is -2.26. The van der Waals surface area contributed by atoms with Crippen molar-refractivity contribution in [3.05, 3.63) is 71.0 Å². The van der Waals surface area contributed by atoms with Crippen LogP contribution in [0.1, 0.15) is 48.0 Å². The number of likely N-dealkylation sites (N-methyl/N-ethyl adjacent to an activating group) is 1. The lowest BCUT2D eigenvalue weighted by atomic mass is 9.86. The molecule has 0 aliphatic heterocycles. The first-order chi connectivity index (χ1) is 19.2. The van der Waals surface area contributed by atoms with E-state index in [2.05, 4.69) is 46.0 Å². The summed E-state index contributed by atoms with van der Waals surface area (Å²) in [6, 6.07) is 12.9. The summed E-state index contributed by atoms with van der Waals surface area (Å²) in [5, 5.41) is 6.38. The first kappa shape index (κ1) is 32.0. The van der Waals surface area contributed by atoms with Crippen LogP contribution in [0.15, 0.2) is 48.7 Å². The van der Waals surface area contributed by atoms with Crippen LogP contribution in [0.3, 0.4) is 0 Å². The average molecular weight is 584 g/mol. The number of ether oxygens (including phenoxy) is 2. The number of amides is 1. The van der Waals surface area contributed by atoms with E-state index in [9.17, 15) is 9.00 Å². The summed E-state index contributed by atoms with van der Waals surface area (Å²) in [7, 11) is 2.96. The molecule has 1 amide bonds. The third kappa shape index (κ3) is 9.55. The molecule has 2 aromatic carbocycles. The first-order valence-electron chi connectivity index (χ1n) is 13.6. The van der Waals surface area contributed by atoms with Gasteiger partial charge < -0.3 is 29.7 Å². The normalized spacial score (nSPS) is 12.2. The van der Waals surface area contributed by atoms with Crippen LogP contribution in [0.2, 0.25) is 0 Å². The number of methoxy groups -OCH3 is 1. The minimum Gasteiger partial charge on any atom is -0.492 e. The zero-order valence-corrected chi connectivity index (χ0v) is 26.6. The van der Waals surface area contributed by atoms with Crippen molar-refractivity contribution in [1.29, 1.82) is 0 Å². The predicted molar refractivity (Wildman–Crippen MR) is 170 cm³/mol. The van der Waals surface area contributed by atoms with Gasteiger partial charge in [0.15, 0.2) is 5.75 Å². The van der Waals surface area contributed by atoms with Crippen LogP contribution >= 0.6 is 0 Å². The molecule has 3 rings (SSSR count). The number of anilines is 2. The van der Waals surface area contributed by atoms with Crippen LogP contribution in [0.5, 0.6) is 17.2 Å². The Labute approximate surface area is 245 Å². The molecule has 0 bridgehead atoms. The molecule has 1 aromatic heterocycles. The highest BCUT2D eigenvalue weighted by Gasteiger charge is 2.22. The third-order valence-corrected chi connectivity index (χ3v) is 7.08. The van der Waals surface area contributed by atoms with Crippen molar-refractivity contribution in [2.75, 3.05) is 56.8 Å². The number of hydrogen-bond donors (Lipinski definition) is 4. The van der Waals surface area contributed by atoms with Crippen LogP contribution < -0.4 is 24.8 Å². The van der Waals surface area contributed by atoms with Gasteiger partial charge in [0.1, 0.15) is 11.5 Å². The third-order valence-electron chi connectivity index (χ3n) is 6.31. The van der Waals surface area contributed by atoms with Crippen LogP contribution in [-0.4, -0.2) is 66.8 Å². The van der Waals surface area contributed by atoms with Crippen molar-refractivity contribution in [3.8, 4) is 17.2 Å². The summed E-state index contributed by atoms with van der Waals surface area (Å²) < 4.78 is 27.6. The van der Waals surface area contributed by atoms with Gasteiger partial charge in [-0.05, 0) is 78.0 Å². The Bertz CT molecular complexity index is 1410. The number of carbonyl (C=O) groups is 1. The van der Waals surface area contributed by atoms with E-state index in [1.165, 1.54) is 7.11 Å². The molecule has 1 heterocycles. The molecule has 0 atom stereocenters. The molecule has 0 saturated carbocycles. The van der Waals surface area contributed by atoms with E-state index < -0.39 is 10.1 Å². The van der Waals surface area contributed by atoms with Crippen LogP contribution in [0.25, 0.3) is 0 Å². The summed E-state index contributed by atoms with van der Waals surface area (Å²) in [5.74, 6) is 1.32. The standard InChI is InChI=1S/C31H45N5O4S/c1-21-10-11-22(16-28(21)40-25-12-13-33-24(19-25)20-32-14-15-36(5)6)30(37)34-26-17-23(31(2,3)4)18-27(29(26)39-7)35-41(8,9)38/h10-13,16-19,32,41H,14-15,20H2,1-9H3,(H,34,37)(H,35,38). The Balaban J connectivity index is 1.85. The van der Waals surface area contributed by atoms with Crippen LogP contribution in [-0.2, 0) is 22.1 Å². The minimum atomic E-state index is -2.64. The SMILES string of the molecule is COc1c(NC(=O)c2ccc(C)c(Oc3ccnc(CNCCN(C)C)c3)c2)cc(C(C)(C)C)cc1N[SH](C)(C)=O. The summed E-state index contributed by atoms with van der Waals surface area (Å²) in [5.41, 5.74) is 3.99. The molecule has 0 fully saturated rings. The largest absolute Gasteiger partial charge is 0.492 e. The van der Waals surface area contributed by atoms with Gasteiger partial charge in [0.25, 0.3) is 5.91 Å². The van der Waals surface area contributed by atoms with Gasteiger partial charge in [-0.3, -0.25) is 14.0 Å². The van der Waals surface area contributed by atoms with Crippen molar-refractivity contribution < 1.29 is 18.5 Å². The Morgan fingerprint density at radius 3 is 2.39 bits per heavy atom. The molecule has 0 saturated heterocycles. The second-order valence-corrected chi connectivity index (χ2v) is 14.7. The molecule has 3 aromatic rings. The van der Waals surface area contributed by atoms with Crippen molar-refractivity contribution in [1.82, 2.24) is 15.2 Å². The quantitative estimate of drug-likeness (QED) is 0.176. The summed E-state index contributed by atoms with van der Waals surface area (Å²) >= 11 is 0. The van der Waals surface area contributed by atoms with E-state index in [0.29, 0.717) is 40.7 Å². The van der Waals surface area contributed by atoms with Gasteiger partial charge in [0.2, 0.25) is 0 Å². The highest BCUT2D eigenvalue weighted by atomic mass is 32.3. The van der Waals surface area contributed by atoms with Crippen molar-refractivity contribution in [3.63, 3.8) is 0 Å². The maximum Gasteiger partial charge on any atom is 0.255 e. The number of thiol groups is 1. The molecule has 0 aliphatic carbocycles. The topological polar surface area (TPSA) is 105 Å². The van der Waals surface area contributed by atoms with Gasteiger partial charge in [-0.2, -0.15) is 0 Å². The maximum atomic E-state index is 13.5. The average Bonchev–Trinajstić information content (AvgIpc) is 2.86. The summed E-state index contributed by atoms with van der Waals surface area (Å²) in [6.45, 7) is 10.6. The molecular weight excluding hydrogens is 538 g/mol. The van der Waals surface area contributed by atoms with Crippen molar-refractivity contribution in [2.45, 2.75) is 39.7 Å². The molecule has 224 valence electrons. The number of hydrogen-bond acceptors (Lipinski definition) is 7. The molecule has 0 radical (unpaired) electrons. The molecule has 10 heteroatoms. The van der Waals surface area contributed by atoms with E-state index in [1.807, 2.05) is 45.3 Å². The molecule has 9 nitrogen and oxygen atoms in total. The van der Waals surface area contributed by atoms with Crippen molar-refractivity contribution >= 4 is 27.4 Å². The number of pyridine rings is 1. The number of benzene rings is 2. The molecule has 0 unspecified atom stereocenters. The fraction of sp³-hybridized carbons (Fsp3) is 0.419.